The average Bonchev–Trinajstić information content (AvgIpc) is 3.27. The van der Waals surface area contributed by atoms with E-state index in [2.05, 4.69) is 15.5 Å². The third kappa shape index (κ3) is 5.83. The zero-order chi connectivity index (χ0) is 23.1. The summed E-state index contributed by atoms with van der Waals surface area (Å²) in [7, 11) is 1.53. The van der Waals surface area contributed by atoms with Crippen molar-refractivity contribution >= 4 is 39.9 Å². The Morgan fingerprint density at radius 3 is 2.69 bits per heavy atom. The molecular weight excluding hydrogens is 448 g/mol. The maximum absolute atomic E-state index is 13.2. The molecule has 9 heteroatoms. The number of amides is 2. The fourth-order valence-electron chi connectivity index (χ4n) is 3.13. The molecule has 0 aliphatic heterocycles. The topological polar surface area (TPSA) is 84.4 Å². The minimum atomic E-state index is -0.236. The molecule has 1 atom stereocenters. The van der Waals surface area contributed by atoms with Crippen LogP contribution in [0.2, 0.25) is 5.02 Å². The molecule has 168 valence electrons. The third-order valence-corrected chi connectivity index (χ3v) is 6.17. The highest BCUT2D eigenvalue weighted by Gasteiger charge is 2.24. The van der Waals surface area contributed by atoms with Crippen molar-refractivity contribution in [3.05, 3.63) is 59.1 Å². The summed E-state index contributed by atoms with van der Waals surface area (Å²) < 4.78 is 5.33. The van der Waals surface area contributed by atoms with Gasteiger partial charge in [-0.25, -0.2) is 0 Å². The maximum Gasteiger partial charge on any atom is 0.257 e. The third-order valence-electron chi connectivity index (χ3n) is 5.04. The van der Waals surface area contributed by atoms with E-state index in [0.717, 1.165) is 12.0 Å². The number of nitrogens with one attached hydrogen (secondary N) is 1. The van der Waals surface area contributed by atoms with Gasteiger partial charge in [-0.2, -0.15) is 0 Å². The van der Waals surface area contributed by atoms with Crippen molar-refractivity contribution in [3.8, 4) is 16.3 Å². The predicted octanol–water partition coefficient (Wildman–Crippen LogP) is 5.14. The van der Waals surface area contributed by atoms with E-state index in [1.54, 1.807) is 35.2 Å². The molecule has 0 unspecified atom stereocenters. The molecule has 0 bridgehead atoms. The molecule has 1 N–H and O–H groups in total. The Morgan fingerprint density at radius 1 is 1.19 bits per heavy atom. The lowest BCUT2D eigenvalue weighted by Gasteiger charge is -2.29. The van der Waals surface area contributed by atoms with E-state index >= 15 is 0 Å². The largest absolute Gasteiger partial charge is 0.496 e. The fourth-order valence-corrected chi connectivity index (χ4v) is 4.08. The lowest BCUT2D eigenvalue weighted by atomic mass is 10.1. The number of hydrogen-bond acceptors (Lipinski definition) is 6. The molecule has 32 heavy (non-hydrogen) atoms. The van der Waals surface area contributed by atoms with Crippen molar-refractivity contribution < 1.29 is 14.3 Å². The van der Waals surface area contributed by atoms with Crippen LogP contribution in [0.25, 0.3) is 10.6 Å². The van der Waals surface area contributed by atoms with Gasteiger partial charge in [0.05, 0.1) is 12.7 Å². The van der Waals surface area contributed by atoms with E-state index in [4.69, 9.17) is 16.3 Å². The number of para-hydroxylation sites is 1. The first-order chi connectivity index (χ1) is 15.4. The number of halogens is 1. The molecule has 0 aliphatic rings. The number of nitrogens with zero attached hydrogens (tertiary/aromatic N) is 3. The predicted molar refractivity (Wildman–Crippen MR) is 127 cm³/mol. The zero-order valence-electron chi connectivity index (χ0n) is 18.2. The number of hydrogen-bond donors (Lipinski definition) is 1. The van der Waals surface area contributed by atoms with Gasteiger partial charge in [-0.15, -0.1) is 10.2 Å². The van der Waals surface area contributed by atoms with Gasteiger partial charge < -0.3 is 15.0 Å². The quantitative estimate of drug-likeness (QED) is 0.466. The molecule has 7 nitrogen and oxygen atoms in total. The summed E-state index contributed by atoms with van der Waals surface area (Å²) >= 11 is 7.30. The summed E-state index contributed by atoms with van der Waals surface area (Å²) in [5.41, 5.74) is 1.31. The molecule has 0 aliphatic carbocycles. The highest BCUT2D eigenvalue weighted by atomic mass is 35.5. The van der Waals surface area contributed by atoms with Crippen molar-refractivity contribution in [1.29, 1.82) is 0 Å². The average molecular weight is 473 g/mol. The lowest BCUT2D eigenvalue weighted by molar-refractivity contribution is -0.116. The molecule has 0 radical (unpaired) electrons. The first-order valence-corrected chi connectivity index (χ1v) is 11.5. The van der Waals surface area contributed by atoms with Crippen LogP contribution in [-0.2, 0) is 4.79 Å². The fraction of sp³-hybridized carbons (Fsp3) is 0.304. The van der Waals surface area contributed by atoms with Gasteiger partial charge in [-0.3, -0.25) is 9.59 Å². The van der Waals surface area contributed by atoms with E-state index in [0.29, 0.717) is 26.5 Å². The number of methoxy groups -OCH3 is 1. The van der Waals surface area contributed by atoms with Crippen LogP contribution in [0.15, 0.2) is 48.5 Å². The zero-order valence-corrected chi connectivity index (χ0v) is 19.7. The Kier molecular flexibility index (Phi) is 8.19. The molecule has 3 aromatic rings. The minimum Gasteiger partial charge on any atom is -0.496 e. The van der Waals surface area contributed by atoms with Gasteiger partial charge in [0.2, 0.25) is 11.0 Å². The highest BCUT2D eigenvalue weighted by molar-refractivity contribution is 7.18. The second kappa shape index (κ2) is 11.1. The van der Waals surface area contributed by atoms with E-state index in [9.17, 15) is 9.59 Å². The van der Waals surface area contributed by atoms with Crippen molar-refractivity contribution in [2.45, 2.75) is 32.7 Å². The standard InChI is InChI=1S/C23H25ClN4O3S/c1-4-15(2)28(22(30)18-10-5-6-11-19(18)31-3)13-12-20(29)25-23-27-26-21(32-23)16-8-7-9-17(24)14-16/h5-11,14-15H,4,12-13H2,1-3H3,(H,25,27,29)/t15-/m0/s1. The first kappa shape index (κ1) is 23.7. The molecule has 0 spiro atoms. The number of ether oxygens (including phenoxy) is 1. The van der Waals surface area contributed by atoms with Gasteiger partial charge in [-0.05, 0) is 37.6 Å². The smallest absolute Gasteiger partial charge is 0.257 e. The molecule has 0 saturated heterocycles. The molecule has 3 rings (SSSR count). The van der Waals surface area contributed by atoms with Gasteiger partial charge in [0.15, 0.2) is 0 Å². The van der Waals surface area contributed by atoms with Gasteiger partial charge >= 0.3 is 0 Å². The van der Waals surface area contributed by atoms with Crippen molar-refractivity contribution in [3.63, 3.8) is 0 Å². The highest BCUT2D eigenvalue weighted by Crippen LogP contribution is 2.28. The molecule has 1 aromatic heterocycles. The summed E-state index contributed by atoms with van der Waals surface area (Å²) in [6.07, 6.45) is 0.902. The Balaban J connectivity index is 1.65. The van der Waals surface area contributed by atoms with E-state index in [1.807, 2.05) is 32.0 Å². The Hall–Kier alpha value is -2.97. The number of benzene rings is 2. The monoisotopic (exact) mass is 472 g/mol. The molecule has 0 fully saturated rings. The summed E-state index contributed by atoms with van der Waals surface area (Å²) in [5.74, 6) is 0.112. The molecule has 0 saturated carbocycles. The van der Waals surface area contributed by atoms with E-state index in [1.165, 1.54) is 18.4 Å². The normalized spacial score (nSPS) is 11.6. The number of rotatable bonds is 9. The minimum absolute atomic E-state index is 0.0313. The maximum atomic E-state index is 13.2. The van der Waals surface area contributed by atoms with Crippen LogP contribution >= 0.6 is 22.9 Å². The van der Waals surface area contributed by atoms with Gasteiger partial charge in [-0.1, -0.05) is 54.1 Å². The van der Waals surface area contributed by atoms with Crippen molar-refractivity contribution in [2.24, 2.45) is 0 Å². The van der Waals surface area contributed by atoms with Crippen LogP contribution in [0, 0.1) is 0 Å². The van der Waals surface area contributed by atoms with Gasteiger partial charge in [0.1, 0.15) is 10.8 Å². The lowest BCUT2D eigenvalue weighted by Crippen LogP contribution is -2.40. The van der Waals surface area contributed by atoms with Gasteiger partial charge in [0.25, 0.3) is 5.91 Å². The SMILES string of the molecule is CC[C@H](C)N(CCC(=O)Nc1nnc(-c2cccc(Cl)c2)s1)C(=O)c1ccccc1OC. The van der Waals surface area contributed by atoms with E-state index < -0.39 is 0 Å². The van der Waals surface area contributed by atoms with E-state index in [-0.39, 0.29) is 30.8 Å². The summed E-state index contributed by atoms with van der Waals surface area (Å²) in [6.45, 7) is 4.25. The van der Waals surface area contributed by atoms with Crippen molar-refractivity contribution in [1.82, 2.24) is 15.1 Å². The number of carbonyl (C=O) groups excluding carboxylic acids is 2. The summed E-state index contributed by atoms with van der Waals surface area (Å²) in [5, 5.41) is 12.6. The van der Waals surface area contributed by atoms with Crippen molar-refractivity contribution in [2.75, 3.05) is 19.0 Å². The van der Waals surface area contributed by atoms with Crippen LogP contribution in [0.4, 0.5) is 5.13 Å². The van der Waals surface area contributed by atoms with Crippen LogP contribution in [0.5, 0.6) is 5.75 Å². The first-order valence-electron chi connectivity index (χ1n) is 10.3. The molecule has 2 aromatic carbocycles. The van der Waals surface area contributed by atoms with Crippen LogP contribution < -0.4 is 10.1 Å². The molecule has 2 amide bonds. The van der Waals surface area contributed by atoms with Crippen LogP contribution in [-0.4, -0.2) is 46.6 Å². The Morgan fingerprint density at radius 2 is 1.97 bits per heavy atom. The molecule has 1 heterocycles. The number of carbonyl (C=O) groups is 2. The molecular formula is C23H25ClN4O3S. The number of anilines is 1. The second-order valence-electron chi connectivity index (χ2n) is 7.18. The number of aromatic nitrogens is 2. The summed E-state index contributed by atoms with van der Waals surface area (Å²) in [6, 6.07) is 14.4. The Bertz CT molecular complexity index is 1090. The second-order valence-corrected chi connectivity index (χ2v) is 8.59. The van der Waals surface area contributed by atoms with Gasteiger partial charge in [0, 0.05) is 29.6 Å². The van der Waals surface area contributed by atoms with Crippen LogP contribution in [0.1, 0.15) is 37.0 Å². The Labute approximate surface area is 196 Å². The van der Waals surface area contributed by atoms with Crippen LogP contribution in [0.3, 0.4) is 0 Å². The summed E-state index contributed by atoms with van der Waals surface area (Å²) in [4.78, 5) is 27.4.